The average Bonchev–Trinajstić information content (AvgIpc) is 2.64. The largest absolute Gasteiger partial charge is 0.348 e. The Kier molecular flexibility index (Phi) is 5.02. The zero-order valence-electron chi connectivity index (χ0n) is 13.6. The number of pyridine rings is 1. The van der Waals surface area contributed by atoms with Crippen molar-refractivity contribution >= 4 is 5.91 Å². The molecular formula is C21H20N2O. The smallest absolute Gasteiger partial charge is 0.224 e. The van der Waals surface area contributed by atoms with E-state index in [0.29, 0.717) is 6.42 Å². The van der Waals surface area contributed by atoms with Crippen LogP contribution in [-0.4, -0.2) is 10.9 Å². The molecule has 1 heterocycles. The quantitative estimate of drug-likeness (QED) is 0.767. The third-order valence-corrected chi connectivity index (χ3v) is 3.93. The van der Waals surface area contributed by atoms with Gasteiger partial charge in [0.1, 0.15) is 0 Å². The minimum absolute atomic E-state index is 0.000569. The topological polar surface area (TPSA) is 42.0 Å². The minimum atomic E-state index is -0.0951. The number of carbonyl (C=O) groups is 1. The van der Waals surface area contributed by atoms with E-state index in [9.17, 15) is 4.79 Å². The highest BCUT2D eigenvalue weighted by Crippen LogP contribution is 2.19. The fourth-order valence-electron chi connectivity index (χ4n) is 2.63. The van der Waals surface area contributed by atoms with Gasteiger partial charge in [0.2, 0.25) is 5.91 Å². The van der Waals surface area contributed by atoms with E-state index in [1.54, 1.807) is 6.20 Å². The number of nitrogens with one attached hydrogen (secondary N) is 1. The summed E-state index contributed by atoms with van der Waals surface area (Å²) >= 11 is 0. The molecule has 120 valence electrons. The maximum Gasteiger partial charge on any atom is 0.224 e. The Labute approximate surface area is 142 Å². The van der Waals surface area contributed by atoms with E-state index in [0.717, 1.165) is 16.8 Å². The summed E-state index contributed by atoms with van der Waals surface area (Å²) in [5.41, 5.74) is 4.20. The molecule has 2 aromatic carbocycles. The first-order valence-corrected chi connectivity index (χ1v) is 8.07. The van der Waals surface area contributed by atoms with Crippen LogP contribution in [-0.2, 0) is 11.2 Å². The van der Waals surface area contributed by atoms with Gasteiger partial charge in [-0.2, -0.15) is 0 Å². The van der Waals surface area contributed by atoms with Crippen LogP contribution in [0.25, 0.3) is 11.1 Å². The van der Waals surface area contributed by atoms with Crippen LogP contribution in [0.5, 0.6) is 0 Å². The highest BCUT2D eigenvalue weighted by molar-refractivity contribution is 5.79. The van der Waals surface area contributed by atoms with Gasteiger partial charge < -0.3 is 5.32 Å². The lowest BCUT2D eigenvalue weighted by Crippen LogP contribution is -2.28. The molecule has 0 bridgehead atoms. The normalized spacial score (nSPS) is 11.7. The molecular weight excluding hydrogens is 296 g/mol. The number of carbonyl (C=O) groups excluding carboxylic acids is 1. The highest BCUT2D eigenvalue weighted by atomic mass is 16.1. The summed E-state index contributed by atoms with van der Waals surface area (Å²) in [5, 5.41) is 2.99. The van der Waals surface area contributed by atoms with Crippen LogP contribution in [0.15, 0.2) is 79.0 Å². The molecule has 0 aliphatic heterocycles. The van der Waals surface area contributed by atoms with Gasteiger partial charge in [0, 0.05) is 6.20 Å². The van der Waals surface area contributed by atoms with Crippen LogP contribution in [0.3, 0.4) is 0 Å². The average molecular weight is 316 g/mol. The molecule has 3 aromatic rings. The van der Waals surface area contributed by atoms with E-state index >= 15 is 0 Å². The second-order valence-corrected chi connectivity index (χ2v) is 5.78. The van der Waals surface area contributed by atoms with Gasteiger partial charge in [-0.15, -0.1) is 0 Å². The van der Waals surface area contributed by atoms with Crippen LogP contribution in [0.2, 0.25) is 0 Å². The van der Waals surface area contributed by atoms with Crippen LogP contribution < -0.4 is 5.32 Å². The first-order valence-electron chi connectivity index (χ1n) is 8.07. The summed E-state index contributed by atoms with van der Waals surface area (Å²) in [7, 11) is 0. The Bertz CT molecular complexity index is 783. The van der Waals surface area contributed by atoms with Crippen molar-refractivity contribution in [2.75, 3.05) is 0 Å². The van der Waals surface area contributed by atoms with Gasteiger partial charge >= 0.3 is 0 Å². The van der Waals surface area contributed by atoms with E-state index in [2.05, 4.69) is 34.6 Å². The first kappa shape index (κ1) is 15.9. The molecule has 1 atom stereocenters. The number of nitrogens with zero attached hydrogens (tertiary/aromatic N) is 1. The molecule has 1 N–H and O–H groups in total. The van der Waals surface area contributed by atoms with Crippen LogP contribution in [0.4, 0.5) is 0 Å². The number of hydrogen-bond acceptors (Lipinski definition) is 2. The maximum absolute atomic E-state index is 12.2. The summed E-state index contributed by atoms with van der Waals surface area (Å²) in [6.45, 7) is 1.94. The molecule has 0 spiro atoms. The van der Waals surface area contributed by atoms with Crippen molar-refractivity contribution in [3.8, 4) is 11.1 Å². The molecule has 0 unspecified atom stereocenters. The number of hydrogen-bond donors (Lipinski definition) is 1. The van der Waals surface area contributed by atoms with E-state index in [1.165, 1.54) is 5.56 Å². The molecule has 3 rings (SSSR count). The second-order valence-electron chi connectivity index (χ2n) is 5.78. The van der Waals surface area contributed by atoms with Crippen molar-refractivity contribution in [1.82, 2.24) is 10.3 Å². The molecule has 3 nitrogen and oxygen atoms in total. The Morgan fingerprint density at radius 3 is 2.25 bits per heavy atom. The van der Waals surface area contributed by atoms with E-state index < -0.39 is 0 Å². The third-order valence-electron chi connectivity index (χ3n) is 3.93. The molecule has 3 heteroatoms. The van der Waals surface area contributed by atoms with Gasteiger partial charge in [0.05, 0.1) is 18.2 Å². The SMILES string of the molecule is C[C@@H](NC(=O)Cc1ccc(-c2ccccc2)cc1)c1ccccn1. The summed E-state index contributed by atoms with van der Waals surface area (Å²) < 4.78 is 0. The molecule has 0 fully saturated rings. The monoisotopic (exact) mass is 316 g/mol. The summed E-state index contributed by atoms with van der Waals surface area (Å²) in [6, 6.07) is 23.9. The van der Waals surface area contributed by atoms with Gasteiger partial charge in [0.25, 0.3) is 0 Å². The highest BCUT2D eigenvalue weighted by Gasteiger charge is 2.10. The second kappa shape index (κ2) is 7.55. The molecule has 1 amide bonds. The predicted molar refractivity (Wildman–Crippen MR) is 96.4 cm³/mol. The van der Waals surface area contributed by atoms with Crippen molar-refractivity contribution < 1.29 is 4.79 Å². The van der Waals surface area contributed by atoms with Crippen molar-refractivity contribution in [3.05, 3.63) is 90.3 Å². The fourth-order valence-corrected chi connectivity index (χ4v) is 2.63. The number of rotatable bonds is 5. The van der Waals surface area contributed by atoms with Crippen molar-refractivity contribution in [1.29, 1.82) is 0 Å². The van der Waals surface area contributed by atoms with Crippen LogP contribution >= 0.6 is 0 Å². The van der Waals surface area contributed by atoms with E-state index in [-0.39, 0.29) is 11.9 Å². The van der Waals surface area contributed by atoms with Gasteiger partial charge in [-0.05, 0) is 35.7 Å². The van der Waals surface area contributed by atoms with Crippen LogP contribution in [0, 0.1) is 0 Å². The fraction of sp³-hybridized carbons (Fsp3) is 0.143. The zero-order valence-corrected chi connectivity index (χ0v) is 13.6. The van der Waals surface area contributed by atoms with Crippen molar-refractivity contribution in [2.45, 2.75) is 19.4 Å². The van der Waals surface area contributed by atoms with Crippen LogP contribution in [0.1, 0.15) is 24.2 Å². The lowest BCUT2D eigenvalue weighted by Gasteiger charge is -2.13. The van der Waals surface area contributed by atoms with Crippen molar-refractivity contribution in [2.24, 2.45) is 0 Å². The first-order chi connectivity index (χ1) is 11.7. The standard InChI is InChI=1S/C21H20N2O/c1-16(20-9-5-6-14-22-20)23-21(24)15-17-10-12-19(13-11-17)18-7-3-2-4-8-18/h2-14,16H,15H2,1H3,(H,23,24)/t16-/m1/s1. The number of benzene rings is 2. The number of amides is 1. The lowest BCUT2D eigenvalue weighted by atomic mass is 10.0. The molecule has 0 saturated carbocycles. The molecule has 24 heavy (non-hydrogen) atoms. The van der Waals surface area contributed by atoms with Gasteiger partial charge in [-0.3, -0.25) is 9.78 Å². The van der Waals surface area contributed by atoms with Gasteiger partial charge in [-0.1, -0.05) is 60.7 Å². The van der Waals surface area contributed by atoms with Crippen molar-refractivity contribution in [3.63, 3.8) is 0 Å². The summed E-state index contributed by atoms with van der Waals surface area (Å²) in [5.74, 6) is 0.000569. The molecule has 1 aromatic heterocycles. The third kappa shape index (κ3) is 4.07. The maximum atomic E-state index is 12.2. The molecule has 0 radical (unpaired) electrons. The Morgan fingerprint density at radius 2 is 1.58 bits per heavy atom. The van der Waals surface area contributed by atoms with E-state index in [4.69, 9.17) is 0 Å². The Morgan fingerprint density at radius 1 is 0.917 bits per heavy atom. The minimum Gasteiger partial charge on any atom is -0.348 e. The van der Waals surface area contributed by atoms with Gasteiger partial charge in [0.15, 0.2) is 0 Å². The Hall–Kier alpha value is -2.94. The number of aromatic nitrogens is 1. The predicted octanol–water partition coefficient (Wildman–Crippen LogP) is 4.17. The van der Waals surface area contributed by atoms with E-state index in [1.807, 2.05) is 55.5 Å². The zero-order chi connectivity index (χ0) is 16.8. The summed E-state index contributed by atoms with van der Waals surface area (Å²) in [6.07, 6.45) is 2.10. The Balaban J connectivity index is 1.61. The lowest BCUT2D eigenvalue weighted by molar-refractivity contribution is -0.121. The molecule has 0 aliphatic carbocycles. The molecule has 0 saturated heterocycles. The van der Waals surface area contributed by atoms with Gasteiger partial charge in [-0.25, -0.2) is 0 Å². The summed E-state index contributed by atoms with van der Waals surface area (Å²) in [4.78, 5) is 16.5. The molecule has 0 aliphatic rings.